The van der Waals surface area contributed by atoms with Crippen LogP contribution in [0.1, 0.15) is 33.3 Å². The van der Waals surface area contributed by atoms with Crippen molar-refractivity contribution in [2.75, 3.05) is 5.32 Å². The number of aromatic nitrogens is 3. The first-order valence-corrected chi connectivity index (χ1v) is 6.66. The number of nitrogens with zero attached hydrogens (tertiary/aromatic N) is 3. The number of aryl methyl sites for hydroxylation is 1. The third kappa shape index (κ3) is 3.46. The highest BCUT2D eigenvalue weighted by Crippen LogP contribution is 2.09. The van der Waals surface area contributed by atoms with Gasteiger partial charge in [0.25, 0.3) is 0 Å². The maximum absolute atomic E-state index is 12.0. The van der Waals surface area contributed by atoms with Gasteiger partial charge in [-0.15, -0.1) is 5.10 Å². The lowest BCUT2D eigenvalue weighted by atomic mass is 10.1. The summed E-state index contributed by atoms with van der Waals surface area (Å²) in [6.07, 6.45) is 1.85. The fourth-order valence-electron chi connectivity index (χ4n) is 1.78. The van der Waals surface area contributed by atoms with Gasteiger partial charge >= 0.3 is 0 Å². The molecule has 0 spiro atoms. The Labute approximate surface area is 118 Å². The predicted octanol–water partition coefficient (Wildman–Crippen LogP) is 1.75. The SMILES string of the molecule is Cc1ccn2nc(NC(C)C(=O)NC(C)(C)C)nc2c1. The van der Waals surface area contributed by atoms with Crippen molar-refractivity contribution >= 4 is 17.5 Å². The Morgan fingerprint density at radius 2 is 2.10 bits per heavy atom. The van der Waals surface area contributed by atoms with E-state index in [1.165, 1.54) is 0 Å². The van der Waals surface area contributed by atoms with Crippen LogP contribution in [0.4, 0.5) is 5.95 Å². The third-order valence-corrected chi connectivity index (χ3v) is 2.73. The van der Waals surface area contributed by atoms with E-state index < -0.39 is 6.04 Å². The van der Waals surface area contributed by atoms with Crippen molar-refractivity contribution in [2.24, 2.45) is 0 Å². The lowest BCUT2D eigenvalue weighted by Crippen LogP contribution is -2.47. The molecule has 0 fully saturated rings. The molecule has 1 unspecified atom stereocenters. The highest BCUT2D eigenvalue weighted by atomic mass is 16.2. The average molecular weight is 275 g/mol. The van der Waals surface area contributed by atoms with Crippen LogP contribution in [0.2, 0.25) is 0 Å². The minimum Gasteiger partial charge on any atom is -0.350 e. The van der Waals surface area contributed by atoms with Gasteiger partial charge in [-0.05, 0) is 52.3 Å². The predicted molar refractivity (Wildman–Crippen MR) is 78.7 cm³/mol. The zero-order valence-electron chi connectivity index (χ0n) is 12.6. The van der Waals surface area contributed by atoms with Gasteiger partial charge in [0.15, 0.2) is 5.65 Å². The van der Waals surface area contributed by atoms with Gasteiger partial charge in [-0.25, -0.2) is 4.52 Å². The molecule has 1 atom stereocenters. The van der Waals surface area contributed by atoms with E-state index in [0.717, 1.165) is 11.2 Å². The molecule has 0 aliphatic carbocycles. The molecule has 0 saturated heterocycles. The lowest BCUT2D eigenvalue weighted by molar-refractivity contribution is -0.122. The number of fused-ring (bicyclic) bond motifs is 1. The Bertz CT molecular complexity index is 626. The summed E-state index contributed by atoms with van der Waals surface area (Å²) in [6.45, 7) is 9.63. The summed E-state index contributed by atoms with van der Waals surface area (Å²) in [5.41, 5.74) is 1.63. The van der Waals surface area contributed by atoms with Crippen molar-refractivity contribution in [3.63, 3.8) is 0 Å². The normalized spacial score (nSPS) is 13.2. The van der Waals surface area contributed by atoms with Crippen LogP contribution in [0.25, 0.3) is 5.65 Å². The molecule has 0 saturated carbocycles. The van der Waals surface area contributed by atoms with Crippen LogP contribution in [0.15, 0.2) is 18.3 Å². The number of hydrogen-bond donors (Lipinski definition) is 2. The highest BCUT2D eigenvalue weighted by molar-refractivity contribution is 5.84. The highest BCUT2D eigenvalue weighted by Gasteiger charge is 2.20. The second-order valence-electron chi connectivity index (χ2n) is 6.05. The number of rotatable bonds is 3. The lowest BCUT2D eigenvalue weighted by Gasteiger charge is -2.23. The van der Waals surface area contributed by atoms with E-state index in [0.29, 0.717) is 5.95 Å². The Morgan fingerprint density at radius 1 is 1.40 bits per heavy atom. The van der Waals surface area contributed by atoms with Crippen molar-refractivity contribution in [3.8, 4) is 0 Å². The molecule has 0 aliphatic heterocycles. The fourth-order valence-corrected chi connectivity index (χ4v) is 1.78. The van der Waals surface area contributed by atoms with E-state index in [1.807, 2.05) is 46.0 Å². The zero-order valence-corrected chi connectivity index (χ0v) is 12.6. The molecule has 20 heavy (non-hydrogen) atoms. The van der Waals surface area contributed by atoms with Crippen LogP contribution in [0, 0.1) is 6.92 Å². The molecule has 2 heterocycles. The third-order valence-electron chi connectivity index (χ3n) is 2.73. The summed E-state index contributed by atoms with van der Waals surface area (Å²) in [5, 5.41) is 10.2. The Kier molecular flexibility index (Phi) is 3.65. The van der Waals surface area contributed by atoms with Gasteiger partial charge in [0.05, 0.1) is 0 Å². The Balaban J connectivity index is 2.09. The van der Waals surface area contributed by atoms with E-state index in [4.69, 9.17) is 0 Å². The van der Waals surface area contributed by atoms with Crippen molar-refractivity contribution in [1.29, 1.82) is 0 Å². The summed E-state index contributed by atoms with van der Waals surface area (Å²) >= 11 is 0. The summed E-state index contributed by atoms with van der Waals surface area (Å²) in [6, 6.07) is 3.51. The van der Waals surface area contributed by atoms with Crippen LogP contribution < -0.4 is 10.6 Å². The van der Waals surface area contributed by atoms with Crippen molar-refractivity contribution < 1.29 is 4.79 Å². The molecule has 2 aromatic rings. The summed E-state index contributed by atoms with van der Waals surface area (Å²) < 4.78 is 1.68. The summed E-state index contributed by atoms with van der Waals surface area (Å²) in [4.78, 5) is 16.3. The summed E-state index contributed by atoms with van der Waals surface area (Å²) in [7, 11) is 0. The molecule has 0 aliphatic rings. The van der Waals surface area contributed by atoms with Crippen molar-refractivity contribution in [3.05, 3.63) is 23.9 Å². The fraction of sp³-hybridized carbons (Fsp3) is 0.500. The molecular weight excluding hydrogens is 254 g/mol. The molecular formula is C14H21N5O. The first-order valence-electron chi connectivity index (χ1n) is 6.66. The number of carbonyl (C=O) groups is 1. The van der Waals surface area contributed by atoms with E-state index >= 15 is 0 Å². The van der Waals surface area contributed by atoms with Gasteiger partial charge in [0, 0.05) is 11.7 Å². The van der Waals surface area contributed by atoms with Crippen LogP contribution >= 0.6 is 0 Å². The maximum atomic E-state index is 12.0. The molecule has 6 nitrogen and oxygen atoms in total. The second-order valence-corrected chi connectivity index (χ2v) is 6.05. The number of nitrogens with one attached hydrogen (secondary N) is 2. The molecule has 2 rings (SSSR count). The van der Waals surface area contributed by atoms with E-state index in [9.17, 15) is 4.79 Å². The van der Waals surface area contributed by atoms with Gasteiger partial charge in [0.2, 0.25) is 11.9 Å². The molecule has 6 heteroatoms. The monoisotopic (exact) mass is 275 g/mol. The zero-order chi connectivity index (χ0) is 14.9. The first-order chi connectivity index (χ1) is 9.24. The first kappa shape index (κ1) is 14.3. The largest absolute Gasteiger partial charge is 0.350 e. The van der Waals surface area contributed by atoms with Crippen molar-refractivity contribution in [2.45, 2.75) is 46.2 Å². The summed E-state index contributed by atoms with van der Waals surface area (Å²) in [5.74, 6) is 0.375. The number of hydrogen-bond acceptors (Lipinski definition) is 4. The van der Waals surface area contributed by atoms with Gasteiger partial charge in [-0.1, -0.05) is 0 Å². The van der Waals surface area contributed by atoms with Crippen LogP contribution in [-0.4, -0.2) is 32.1 Å². The molecule has 0 bridgehead atoms. The average Bonchev–Trinajstić information content (AvgIpc) is 2.67. The number of anilines is 1. The Hall–Kier alpha value is -2.11. The number of amides is 1. The molecule has 1 amide bonds. The molecule has 2 N–H and O–H groups in total. The molecule has 2 aromatic heterocycles. The van der Waals surface area contributed by atoms with E-state index in [-0.39, 0.29) is 11.4 Å². The van der Waals surface area contributed by atoms with E-state index in [2.05, 4.69) is 20.7 Å². The minimum absolute atomic E-state index is 0.0764. The van der Waals surface area contributed by atoms with Gasteiger partial charge in [-0.3, -0.25) is 4.79 Å². The maximum Gasteiger partial charge on any atom is 0.243 e. The molecule has 0 aromatic carbocycles. The van der Waals surface area contributed by atoms with E-state index in [1.54, 1.807) is 11.4 Å². The minimum atomic E-state index is -0.396. The molecule has 108 valence electrons. The number of carbonyl (C=O) groups excluding carboxylic acids is 1. The molecule has 0 radical (unpaired) electrons. The quantitative estimate of drug-likeness (QED) is 0.895. The van der Waals surface area contributed by atoms with Gasteiger partial charge in [-0.2, -0.15) is 4.98 Å². The van der Waals surface area contributed by atoms with Crippen LogP contribution in [0.3, 0.4) is 0 Å². The van der Waals surface area contributed by atoms with Crippen LogP contribution in [-0.2, 0) is 4.79 Å². The van der Waals surface area contributed by atoms with Gasteiger partial charge < -0.3 is 10.6 Å². The standard InChI is InChI=1S/C14H21N5O/c1-9-6-7-19-11(8-9)16-13(18-19)15-10(2)12(20)17-14(3,4)5/h6-8,10H,1-5H3,(H,15,18)(H,17,20). The number of pyridine rings is 1. The second kappa shape index (κ2) is 5.11. The smallest absolute Gasteiger partial charge is 0.243 e. The topological polar surface area (TPSA) is 71.3 Å². The Morgan fingerprint density at radius 3 is 2.75 bits per heavy atom. The van der Waals surface area contributed by atoms with Crippen LogP contribution in [0.5, 0.6) is 0 Å². The van der Waals surface area contributed by atoms with Gasteiger partial charge in [0.1, 0.15) is 6.04 Å². The van der Waals surface area contributed by atoms with Crippen molar-refractivity contribution in [1.82, 2.24) is 19.9 Å².